The van der Waals surface area contributed by atoms with Crippen LogP contribution in [0, 0.1) is 11.8 Å². The normalized spacial score (nSPS) is 26.9. The van der Waals surface area contributed by atoms with Gasteiger partial charge in [0.05, 0.1) is 17.2 Å². The number of carbonyl (C=O) groups excluding carboxylic acids is 9. The summed E-state index contributed by atoms with van der Waals surface area (Å²) in [5, 5.41) is 58.1. The Bertz CT molecular complexity index is 2020. The Hall–Kier alpha value is -5.58. The number of cyclic esters (lactones) is 1. The number of ether oxygens (including phenoxy) is 1. The molecule has 2 aliphatic heterocycles. The number of likely N-dealkylation sites (N-methyl/N-ethyl adjacent to an activating group) is 1. The van der Waals surface area contributed by atoms with Crippen LogP contribution in [0.15, 0.2) is 18.2 Å². The van der Waals surface area contributed by atoms with Crippen molar-refractivity contribution in [2.75, 3.05) is 7.05 Å². The molecule has 2 fully saturated rings. The molecular weight excluding hydrogens is 912 g/mol. The van der Waals surface area contributed by atoms with Crippen molar-refractivity contribution in [1.82, 2.24) is 41.7 Å². The molecule has 10 N–H and O–H groups in total. The zero-order valence-electron chi connectivity index (χ0n) is 40.2. The molecule has 2 saturated heterocycles. The monoisotopic (exact) mass is 980 g/mol. The number of benzene rings is 1. The summed E-state index contributed by atoms with van der Waals surface area (Å²) in [4.78, 5) is 127. The van der Waals surface area contributed by atoms with Gasteiger partial charge in [-0.1, -0.05) is 58.7 Å². The number of aromatic hydroxyl groups is 1. The number of aliphatic hydroxyl groups excluding tert-OH is 3. The van der Waals surface area contributed by atoms with E-state index in [0.717, 1.165) is 9.80 Å². The lowest BCUT2D eigenvalue weighted by molar-refractivity contribution is -0.170. The Morgan fingerprint density at radius 1 is 0.868 bits per heavy atom. The van der Waals surface area contributed by atoms with Gasteiger partial charge < -0.3 is 66.9 Å². The lowest BCUT2D eigenvalue weighted by atomic mass is 9.94. The van der Waals surface area contributed by atoms with Crippen molar-refractivity contribution in [2.45, 2.75) is 174 Å². The van der Waals surface area contributed by atoms with Crippen LogP contribution in [0.1, 0.15) is 100.0 Å². The van der Waals surface area contributed by atoms with Crippen molar-refractivity contribution in [1.29, 1.82) is 0 Å². The van der Waals surface area contributed by atoms with Crippen molar-refractivity contribution in [3.8, 4) is 5.75 Å². The highest BCUT2D eigenvalue weighted by atomic mass is 35.5. The predicted molar refractivity (Wildman–Crippen MR) is 245 cm³/mol. The third kappa shape index (κ3) is 14.5. The third-order valence-electron chi connectivity index (χ3n) is 12.1. The van der Waals surface area contributed by atoms with Crippen LogP contribution in [-0.4, -0.2) is 163 Å². The van der Waals surface area contributed by atoms with Crippen molar-refractivity contribution in [2.24, 2.45) is 11.8 Å². The number of amides is 8. The number of halogens is 1. The fourth-order valence-corrected chi connectivity index (χ4v) is 8.00. The highest BCUT2D eigenvalue weighted by Crippen LogP contribution is 2.27. The quantitative estimate of drug-likeness (QED) is 0.0987. The summed E-state index contributed by atoms with van der Waals surface area (Å²) in [7, 11) is 1.21. The first-order chi connectivity index (χ1) is 31.7. The highest BCUT2D eigenvalue weighted by Gasteiger charge is 2.47. The van der Waals surface area contributed by atoms with E-state index in [1.54, 1.807) is 34.6 Å². The summed E-state index contributed by atoms with van der Waals surface area (Å²) in [6, 6.07) is -8.40. The minimum Gasteiger partial charge on any atom is -0.506 e. The van der Waals surface area contributed by atoms with Crippen LogP contribution in [0.5, 0.6) is 5.75 Å². The fourth-order valence-electron chi connectivity index (χ4n) is 7.79. The van der Waals surface area contributed by atoms with Crippen LogP contribution < -0.4 is 31.9 Å². The molecule has 0 radical (unpaired) electrons. The maximum Gasteiger partial charge on any atom is 0.329 e. The lowest BCUT2D eigenvalue weighted by Crippen LogP contribution is -2.67. The van der Waals surface area contributed by atoms with E-state index in [-0.39, 0.29) is 42.9 Å². The first-order valence-corrected chi connectivity index (χ1v) is 23.3. The molecule has 0 saturated carbocycles. The summed E-state index contributed by atoms with van der Waals surface area (Å²) in [6.45, 7) is 13.2. The Kier molecular flexibility index (Phi) is 21.0. The molecule has 1 aromatic rings. The van der Waals surface area contributed by atoms with Gasteiger partial charge in [-0.25, -0.2) is 4.79 Å². The van der Waals surface area contributed by atoms with Gasteiger partial charge >= 0.3 is 5.97 Å². The molecule has 8 amide bonds. The van der Waals surface area contributed by atoms with Gasteiger partial charge in [0.25, 0.3) is 0 Å². The topological polar surface area (TPSA) is 322 Å². The molecule has 0 aliphatic carbocycles. The van der Waals surface area contributed by atoms with E-state index in [0.29, 0.717) is 12.0 Å². The van der Waals surface area contributed by atoms with Gasteiger partial charge in [-0.2, -0.15) is 0 Å². The van der Waals surface area contributed by atoms with Crippen molar-refractivity contribution >= 4 is 64.8 Å². The van der Waals surface area contributed by atoms with E-state index >= 15 is 0 Å². The van der Waals surface area contributed by atoms with Crippen LogP contribution in [0.4, 0.5) is 0 Å². The van der Waals surface area contributed by atoms with Crippen molar-refractivity contribution < 1.29 is 68.3 Å². The number of esters is 1. The Morgan fingerprint density at radius 3 is 2.06 bits per heavy atom. The van der Waals surface area contributed by atoms with Crippen LogP contribution in [0.25, 0.3) is 0 Å². The zero-order valence-corrected chi connectivity index (χ0v) is 41.0. The van der Waals surface area contributed by atoms with Crippen molar-refractivity contribution in [3.63, 3.8) is 0 Å². The molecular formula is C45H69ClN8O14. The predicted octanol–water partition coefficient (Wildman–Crippen LogP) is -1.14. The summed E-state index contributed by atoms with van der Waals surface area (Å²) in [5.74, 6) is -10.1. The Labute approximate surface area is 401 Å². The molecule has 0 aromatic heterocycles. The second-order valence-electron chi connectivity index (χ2n) is 18.0. The number of phenols is 1. The molecule has 1 aromatic carbocycles. The van der Waals surface area contributed by atoms with Gasteiger partial charge in [-0.3, -0.25) is 38.4 Å². The molecule has 2 bridgehead atoms. The van der Waals surface area contributed by atoms with Crippen LogP contribution in [0.3, 0.4) is 0 Å². The number of phenolic OH excluding ortho intramolecular Hbond substituents is 1. The molecule has 13 unspecified atom stereocenters. The van der Waals surface area contributed by atoms with E-state index < -0.39 is 138 Å². The van der Waals surface area contributed by atoms with Gasteiger partial charge in [0.2, 0.25) is 47.3 Å². The van der Waals surface area contributed by atoms with Crippen LogP contribution in [-0.2, 0) is 54.3 Å². The minimum atomic E-state index is -1.86. The van der Waals surface area contributed by atoms with Crippen LogP contribution in [0.2, 0.25) is 5.02 Å². The number of nitrogens with zero attached hydrogens (tertiary/aromatic N) is 2. The number of nitrogens with one attached hydrogen (secondary N) is 6. The summed E-state index contributed by atoms with van der Waals surface area (Å²) >= 11 is 6.19. The molecule has 68 heavy (non-hydrogen) atoms. The highest BCUT2D eigenvalue weighted by molar-refractivity contribution is 6.32. The number of piperidine rings is 1. The standard InChI is InChI=1S/C45H69ClN8O14/c1-11-13-31(58)47-22(6)38(60)51-35(23(7)55)41(63)52-36-25(9)68-45(67)33(20(3)4)49-39(61)29(19-26-14-16-30(57)27(46)18-26)53(10)44(66)37(24(8)56)54-32(59)17-15-28(43(54)65)48-40(62)34(21(5)12-2)50-42(36)64/h14,16,18,20-25,28-29,32-37,55-57,59H,11-13,15,17,19H2,1-10H3,(H,47,58)(H,48,62)(H,49,61)(H,50,64)(H,51,60)(H,52,63). The molecule has 2 aliphatic rings. The number of hydrogen-bond acceptors (Lipinski definition) is 14. The van der Waals surface area contributed by atoms with E-state index in [1.807, 2.05) is 0 Å². The molecule has 380 valence electrons. The van der Waals surface area contributed by atoms with E-state index in [9.17, 15) is 63.6 Å². The second-order valence-corrected chi connectivity index (χ2v) is 18.4. The summed E-state index contributed by atoms with van der Waals surface area (Å²) < 4.78 is 5.79. The number of aliphatic hydroxyl groups is 3. The number of rotatable bonds is 14. The molecule has 2 heterocycles. The molecule has 23 heteroatoms. The largest absolute Gasteiger partial charge is 0.506 e. The molecule has 22 nitrogen and oxygen atoms in total. The molecule has 3 rings (SSSR count). The first kappa shape index (κ1) is 56.7. The zero-order chi connectivity index (χ0) is 51.5. The molecule has 0 spiro atoms. The van der Waals surface area contributed by atoms with E-state index in [1.165, 1.54) is 52.9 Å². The lowest BCUT2D eigenvalue weighted by Gasteiger charge is -2.43. The first-order valence-electron chi connectivity index (χ1n) is 22.9. The fraction of sp³-hybridized carbons (Fsp3) is 0.667. The smallest absolute Gasteiger partial charge is 0.329 e. The van der Waals surface area contributed by atoms with Gasteiger partial charge in [0, 0.05) is 19.9 Å². The van der Waals surface area contributed by atoms with Gasteiger partial charge in [0.15, 0.2) is 0 Å². The maximum absolute atomic E-state index is 14.6. The third-order valence-corrected chi connectivity index (χ3v) is 12.4. The van der Waals surface area contributed by atoms with Gasteiger partial charge in [0.1, 0.15) is 66.4 Å². The van der Waals surface area contributed by atoms with Crippen molar-refractivity contribution in [3.05, 3.63) is 28.8 Å². The number of fused-ring (bicyclic) bond motifs is 2. The summed E-state index contributed by atoms with van der Waals surface area (Å²) in [6.07, 6.45) is -6.21. The Morgan fingerprint density at radius 2 is 1.50 bits per heavy atom. The van der Waals surface area contributed by atoms with Gasteiger partial charge in [-0.05, 0) is 76.5 Å². The van der Waals surface area contributed by atoms with Crippen LogP contribution >= 0.6 is 11.6 Å². The molecule has 13 atom stereocenters. The number of carbonyl (C=O) groups is 9. The average Bonchev–Trinajstić information content (AvgIpc) is 3.26. The van der Waals surface area contributed by atoms with Gasteiger partial charge in [-0.15, -0.1) is 0 Å². The number of hydrogen-bond donors (Lipinski definition) is 10. The minimum absolute atomic E-state index is 0.0866. The second kappa shape index (κ2) is 25.2. The SMILES string of the molecule is CCCC(=O)NC(C)C(=O)NC(C(=O)NC1C(=O)NC(C(C)CC)C(=O)NC2CCC(O)N(C2=O)C(C(C)O)C(=O)N(C)C(Cc2ccc(O)c(Cl)c2)C(=O)NC(C(C)C)C(=O)OC1C)C(C)O. The van der Waals surface area contributed by atoms with E-state index in [2.05, 4.69) is 31.9 Å². The average molecular weight is 982 g/mol. The Balaban J connectivity index is 2.21. The summed E-state index contributed by atoms with van der Waals surface area (Å²) in [5.41, 5.74) is 0.330. The maximum atomic E-state index is 14.6. The van der Waals surface area contributed by atoms with E-state index in [4.69, 9.17) is 16.3 Å².